The standard InChI is InChI=1S/C12H16F2N2O/c1-8(12(17)16(2)3)15-7-9-10(13)5-4-6-11(9)14/h4-6,8,15H,7H2,1-3H3. The predicted octanol–water partition coefficient (Wildman–Crippen LogP) is 1.53. The van der Waals surface area contributed by atoms with Gasteiger partial charge in [-0.1, -0.05) is 6.07 Å². The largest absolute Gasteiger partial charge is 0.347 e. The second kappa shape index (κ2) is 5.72. The van der Waals surface area contributed by atoms with E-state index in [-0.39, 0.29) is 18.0 Å². The van der Waals surface area contributed by atoms with Crippen LogP contribution in [0.25, 0.3) is 0 Å². The van der Waals surface area contributed by atoms with Gasteiger partial charge in [-0.05, 0) is 19.1 Å². The minimum absolute atomic E-state index is 0.0146. The van der Waals surface area contributed by atoms with Crippen LogP contribution < -0.4 is 5.32 Å². The van der Waals surface area contributed by atoms with Crippen LogP contribution in [0.15, 0.2) is 18.2 Å². The van der Waals surface area contributed by atoms with Crippen LogP contribution in [0, 0.1) is 11.6 Å². The molecule has 3 nitrogen and oxygen atoms in total. The molecule has 1 aromatic carbocycles. The quantitative estimate of drug-likeness (QED) is 0.868. The number of carbonyl (C=O) groups excluding carboxylic acids is 1. The summed E-state index contributed by atoms with van der Waals surface area (Å²) in [5, 5.41) is 2.79. The molecule has 0 saturated heterocycles. The molecule has 1 aromatic rings. The number of rotatable bonds is 4. The number of hydrogen-bond donors (Lipinski definition) is 1. The smallest absolute Gasteiger partial charge is 0.238 e. The van der Waals surface area contributed by atoms with Crippen molar-refractivity contribution in [3.8, 4) is 0 Å². The van der Waals surface area contributed by atoms with Crippen LogP contribution >= 0.6 is 0 Å². The Hall–Kier alpha value is -1.49. The Morgan fingerprint density at radius 2 is 1.88 bits per heavy atom. The number of hydrogen-bond acceptors (Lipinski definition) is 2. The maximum absolute atomic E-state index is 13.3. The first-order valence-corrected chi connectivity index (χ1v) is 5.31. The fraction of sp³-hybridized carbons (Fsp3) is 0.417. The molecule has 5 heteroatoms. The maximum Gasteiger partial charge on any atom is 0.238 e. The zero-order valence-corrected chi connectivity index (χ0v) is 10.1. The lowest BCUT2D eigenvalue weighted by atomic mass is 10.2. The Kier molecular flexibility index (Phi) is 4.57. The van der Waals surface area contributed by atoms with Crippen molar-refractivity contribution in [2.45, 2.75) is 19.5 Å². The van der Waals surface area contributed by atoms with E-state index in [0.29, 0.717) is 0 Å². The van der Waals surface area contributed by atoms with Crippen LogP contribution in [-0.2, 0) is 11.3 Å². The van der Waals surface area contributed by atoms with Crippen molar-refractivity contribution < 1.29 is 13.6 Å². The summed E-state index contributed by atoms with van der Waals surface area (Å²) in [7, 11) is 3.26. The zero-order valence-electron chi connectivity index (χ0n) is 10.1. The highest BCUT2D eigenvalue weighted by atomic mass is 19.1. The molecule has 1 atom stereocenters. The Morgan fingerprint density at radius 1 is 1.35 bits per heavy atom. The molecule has 0 aromatic heterocycles. The number of carbonyl (C=O) groups is 1. The van der Waals surface area contributed by atoms with Crippen molar-refractivity contribution >= 4 is 5.91 Å². The molecule has 0 bridgehead atoms. The van der Waals surface area contributed by atoms with Gasteiger partial charge in [0, 0.05) is 26.2 Å². The van der Waals surface area contributed by atoms with Gasteiger partial charge in [0.2, 0.25) is 5.91 Å². The summed E-state index contributed by atoms with van der Waals surface area (Å²) in [4.78, 5) is 12.9. The summed E-state index contributed by atoms with van der Waals surface area (Å²) < 4.78 is 26.6. The number of benzene rings is 1. The molecule has 0 heterocycles. The van der Waals surface area contributed by atoms with E-state index in [1.807, 2.05) is 0 Å². The van der Waals surface area contributed by atoms with Gasteiger partial charge in [-0.15, -0.1) is 0 Å². The van der Waals surface area contributed by atoms with E-state index in [9.17, 15) is 13.6 Å². The predicted molar refractivity (Wildman–Crippen MR) is 61.4 cm³/mol. The molecule has 0 saturated carbocycles. The van der Waals surface area contributed by atoms with Crippen LogP contribution in [0.4, 0.5) is 8.78 Å². The zero-order chi connectivity index (χ0) is 13.0. The van der Waals surface area contributed by atoms with Gasteiger partial charge in [0.05, 0.1) is 6.04 Å². The summed E-state index contributed by atoms with van der Waals surface area (Å²) in [6.45, 7) is 1.64. The van der Waals surface area contributed by atoms with Crippen LogP contribution in [0.1, 0.15) is 12.5 Å². The number of nitrogens with zero attached hydrogens (tertiary/aromatic N) is 1. The molecule has 0 aliphatic heterocycles. The van der Waals surface area contributed by atoms with Gasteiger partial charge in [0.25, 0.3) is 0 Å². The number of likely N-dealkylation sites (N-methyl/N-ethyl adjacent to an activating group) is 1. The average Bonchev–Trinajstić information content (AvgIpc) is 2.26. The van der Waals surface area contributed by atoms with E-state index in [2.05, 4.69) is 5.32 Å². The highest BCUT2D eigenvalue weighted by Gasteiger charge is 2.16. The third-order valence-electron chi connectivity index (χ3n) is 2.46. The average molecular weight is 242 g/mol. The molecule has 0 fully saturated rings. The molecule has 1 N–H and O–H groups in total. The van der Waals surface area contributed by atoms with Gasteiger partial charge in [-0.25, -0.2) is 8.78 Å². The van der Waals surface area contributed by atoms with Gasteiger partial charge >= 0.3 is 0 Å². The van der Waals surface area contributed by atoms with Crippen LogP contribution in [0.3, 0.4) is 0 Å². The second-order valence-electron chi connectivity index (χ2n) is 4.04. The van der Waals surface area contributed by atoms with E-state index in [4.69, 9.17) is 0 Å². The molecule has 0 aliphatic carbocycles. The highest BCUT2D eigenvalue weighted by Crippen LogP contribution is 2.11. The van der Waals surface area contributed by atoms with Crippen LogP contribution in [-0.4, -0.2) is 30.9 Å². The van der Waals surface area contributed by atoms with Gasteiger partial charge in [-0.3, -0.25) is 4.79 Å². The van der Waals surface area contributed by atoms with Crippen molar-refractivity contribution in [2.75, 3.05) is 14.1 Å². The van der Waals surface area contributed by atoms with Crippen LogP contribution in [0.2, 0.25) is 0 Å². The third kappa shape index (κ3) is 3.49. The molecular weight excluding hydrogens is 226 g/mol. The monoisotopic (exact) mass is 242 g/mol. The van der Waals surface area contributed by atoms with Crippen molar-refractivity contribution in [2.24, 2.45) is 0 Å². The molecule has 1 unspecified atom stereocenters. The van der Waals surface area contributed by atoms with Crippen molar-refractivity contribution in [3.05, 3.63) is 35.4 Å². The molecule has 1 amide bonds. The fourth-order valence-electron chi connectivity index (χ4n) is 1.43. The topological polar surface area (TPSA) is 32.3 Å². The van der Waals surface area contributed by atoms with E-state index < -0.39 is 17.7 Å². The minimum atomic E-state index is -0.609. The summed E-state index contributed by atoms with van der Waals surface area (Å²) >= 11 is 0. The number of halogens is 2. The minimum Gasteiger partial charge on any atom is -0.347 e. The van der Waals surface area contributed by atoms with Crippen molar-refractivity contribution in [1.82, 2.24) is 10.2 Å². The Labute approximate surface area is 99.4 Å². The Bertz CT molecular complexity index is 387. The van der Waals surface area contributed by atoms with Gasteiger partial charge in [0.1, 0.15) is 11.6 Å². The first-order chi connectivity index (χ1) is 7.93. The lowest BCUT2D eigenvalue weighted by Gasteiger charge is -2.18. The highest BCUT2D eigenvalue weighted by molar-refractivity contribution is 5.80. The first-order valence-electron chi connectivity index (χ1n) is 5.31. The molecule has 0 radical (unpaired) electrons. The van der Waals surface area contributed by atoms with Crippen molar-refractivity contribution in [1.29, 1.82) is 0 Å². The second-order valence-corrected chi connectivity index (χ2v) is 4.04. The fourth-order valence-corrected chi connectivity index (χ4v) is 1.43. The molecule has 0 spiro atoms. The molecule has 1 rings (SSSR count). The molecule has 17 heavy (non-hydrogen) atoms. The summed E-state index contributed by atoms with van der Waals surface area (Å²) in [6.07, 6.45) is 0. The maximum atomic E-state index is 13.3. The van der Waals surface area contributed by atoms with Crippen LogP contribution in [0.5, 0.6) is 0 Å². The number of nitrogens with one attached hydrogen (secondary N) is 1. The van der Waals surface area contributed by atoms with Gasteiger partial charge in [0.15, 0.2) is 0 Å². The molecule has 0 aliphatic rings. The van der Waals surface area contributed by atoms with E-state index >= 15 is 0 Å². The Morgan fingerprint density at radius 3 is 2.35 bits per heavy atom. The Balaban J connectivity index is 2.65. The summed E-state index contributed by atoms with van der Waals surface area (Å²) in [6, 6.07) is 3.21. The lowest BCUT2D eigenvalue weighted by molar-refractivity contribution is -0.130. The van der Waals surface area contributed by atoms with Gasteiger partial charge < -0.3 is 10.2 Å². The van der Waals surface area contributed by atoms with Crippen molar-refractivity contribution in [3.63, 3.8) is 0 Å². The number of amides is 1. The van der Waals surface area contributed by atoms with E-state index in [1.165, 1.54) is 23.1 Å². The van der Waals surface area contributed by atoms with E-state index in [0.717, 1.165) is 0 Å². The SMILES string of the molecule is CC(NCc1c(F)cccc1F)C(=O)N(C)C. The normalized spacial score (nSPS) is 12.3. The van der Waals surface area contributed by atoms with E-state index in [1.54, 1.807) is 21.0 Å². The summed E-state index contributed by atoms with van der Waals surface area (Å²) in [5.74, 6) is -1.36. The lowest BCUT2D eigenvalue weighted by Crippen LogP contribution is -2.41. The molecular formula is C12H16F2N2O. The van der Waals surface area contributed by atoms with Gasteiger partial charge in [-0.2, -0.15) is 0 Å². The third-order valence-corrected chi connectivity index (χ3v) is 2.46. The molecule has 94 valence electrons. The first kappa shape index (κ1) is 13.6. The summed E-state index contributed by atoms with van der Waals surface area (Å²) in [5.41, 5.74) is -0.0501.